The van der Waals surface area contributed by atoms with E-state index in [-0.39, 0.29) is 12.5 Å². The Bertz CT molecular complexity index is 627. The minimum atomic E-state index is -0.396. The number of carbonyl (C=O) groups excluding carboxylic acids is 1. The minimum Gasteiger partial charge on any atom is -0.304 e. The van der Waals surface area contributed by atoms with Gasteiger partial charge in [-0.3, -0.25) is 9.69 Å². The summed E-state index contributed by atoms with van der Waals surface area (Å²) in [5.74, 6) is -0.553. The number of hydrogen-bond donors (Lipinski definition) is 1. The predicted molar refractivity (Wildman–Crippen MR) is 71.7 cm³/mol. The molecule has 1 aliphatic heterocycles. The molecule has 0 aliphatic carbocycles. The largest absolute Gasteiger partial charge is 0.304 e. The van der Waals surface area contributed by atoms with Crippen LogP contribution in [-0.2, 0) is 11.3 Å². The van der Waals surface area contributed by atoms with Crippen LogP contribution >= 0.6 is 0 Å². The molecule has 3 nitrogen and oxygen atoms in total. The molecule has 4 heteroatoms. The van der Waals surface area contributed by atoms with Crippen molar-refractivity contribution in [2.45, 2.75) is 6.54 Å². The van der Waals surface area contributed by atoms with Crippen molar-refractivity contribution in [1.29, 1.82) is 0 Å². The first-order valence-corrected chi connectivity index (χ1v) is 6.13. The Morgan fingerprint density at radius 1 is 0.947 bits per heavy atom. The fourth-order valence-electron chi connectivity index (χ4n) is 2.29. The van der Waals surface area contributed by atoms with Crippen LogP contribution in [0.3, 0.4) is 0 Å². The van der Waals surface area contributed by atoms with Crippen molar-refractivity contribution in [2.75, 3.05) is 11.4 Å². The Hall–Kier alpha value is -2.20. The van der Waals surface area contributed by atoms with Crippen molar-refractivity contribution in [2.24, 2.45) is 0 Å². The molecule has 0 radical (unpaired) electrons. The molecule has 2 aromatic carbocycles. The quantitative estimate of drug-likeness (QED) is 0.850. The number of para-hydroxylation sites is 2. The van der Waals surface area contributed by atoms with Crippen LogP contribution in [0.25, 0.3) is 0 Å². The van der Waals surface area contributed by atoms with Crippen LogP contribution < -0.4 is 10.2 Å². The minimum absolute atomic E-state index is 0.157. The fourth-order valence-corrected chi connectivity index (χ4v) is 2.29. The molecule has 2 aromatic rings. The third kappa shape index (κ3) is 2.11. The van der Waals surface area contributed by atoms with Gasteiger partial charge in [0.2, 0.25) is 5.91 Å². The van der Waals surface area contributed by atoms with Crippen LogP contribution in [0.4, 0.5) is 15.8 Å². The molecule has 0 saturated heterocycles. The van der Waals surface area contributed by atoms with Crippen LogP contribution in [0.2, 0.25) is 0 Å². The van der Waals surface area contributed by atoms with Gasteiger partial charge in [-0.2, -0.15) is 0 Å². The molecule has 0 aromatic heterocycles. The first kappa shape index (κ1) is 11.9. The van der Waals surface area contributed by atoms with Gasteiger partial charge < -0.3 is 5.32 Å². The standard InChI is InChI=1S/C15H13FN2O/c16-12-6-2-4-8-14(12)18-13-7-3-1-5-11(13)9-17-10-15(18)19/h1-8,17H,9-10H2. The third-order valence-corrected chi connectivity index (χ3v) is 3.17. The highest BCUT2D eigenvalue weighted by Crippen LogP contribution is 2.31. The first-order valence-electron chi connectivity index (χ1n) is 6.13. The maximum atomic E-state index is 14.0. The molecule has 1 N–H and O–H groups in total. The van der Waals surface area contributed by atoms with Gasteiger partial charge in [-0.1, -0.05) is 30.3 Å². The van der Waals surface area contributed by atoms with Crippen molar-refractivity contribution in [3.05, 3.63) is 59.9 Å². The molecular weight excluding hydrogens is 243 g/mol. The molecular formula is C15H13FN2O. The summed E-state index contributed by atoms with van der Waals surface area (Å²) in [7, 11) is 0. The average molecular weight is 256 g/mol. The Labute approximate surface area is 110 Å². The van der Waals surface area contributed by atoms with Gasteiger partial charge in [-0.05, 0) is 23.8 Å². The van der Waals surface area contributed by atoms with Crippen molar-refractivity contribution in [1.82, 2.24) is 5.32 Å². The second kappa shape index (κ2) is 4.82. The van der Waals surface area contributed by atoms with E-state index in [0.29, 0.717) is 12.2 Å². The molecule has 0 atom stereocenters. The Balaban J connectivity index is 2.18. The number of rotatable bonds is 1. The van der Waals surface area contributed by atoms with Crippen molar-refractivity contribution in [3.63, 3.8) is 0 Å². The van der Waals surface area contributed by atoms with Gasteiger partial charge in [0.25, 0.3) is 0 Å². The van der Waals surface area contributed by atoms with Crippen LogP contribution in [0.5, 0.6) is 0 Å². The molecule has 19 heavy (non-hydrogen) atoms. The van der Waals surface area contributed by atoms with E-state index < -0.39 is 5.82 Å². The monoisotopic (exact) mass is 256 g/mol. The van der Waals surface area contributed by atoms with Gasteiger partial charge in [-0.15, -0.1) is 0 Å². The number of hydrogen-bond acceptors (Lipinski definition) is 2. The maximum absolute atomic E-state index is 14.0. The Morgan fingerprint density at radius 2 is 1.63 bits per heavy atom. The highest BCUT2D eigenvalue weighted by molar-refractivity contribution is 6.02. The van der Waals surface area contributed by atoms with E-state index in [9.17, 15) is 9.18 Å². The number of fused-ring (bicyclic) bond motifs is 1. The second-order valence-corrected chi connectivity index (χ2v) is 4.41. The zero-order chi connectivity index (χ0) is 13.2. The van der Waals surface area contributed by atoms with Crippen LogP contribution in [0.15, 0.2) is 48.5 Å². The normalized spacial score (nSPS) is 15.0. The Morgan fingerprint density at radius 3 is 2.42 bits per heavy atom. The molecule has 96 valence electrons. The Kier molecular flexibility index (Phi) is 3.01. The lowest BCUT2D eigenvalue weighted by Crippen LogP contribution is -2.32. The second-order valence-electron chi connectivity index (χ2n) is 4.41. The molecule has 1 amide bonds. The number of nitrogens with one attached hydrogen (secondary N) is 1. The first-order chi connectivity index (χ1) is 9.27. The number of benzene rings is 2. The van der Waals surface area contributed by atoms with Crippen LogP contribution in [-0.4, -0.2) is 12.5 Å². The fraction of sp³-hybridized carbons (Fsp3) is 0.133. The summed E-state index contributed by atoms with van der Waals surface area (Å²) in [6.45, 7) is 0.801. The zero-order valence-corrected chi connectivity index (χ0v) is 10.3. The predicted octanol–water partition coefficient (Wildman–Crippen LogP) is 2.59. The summed E-state index contributed by atoms with van der Waals surface area (Å²) < 4.78 is 14.0. The van der Waals surface area contributed by atoms with E-state index >= 15 is 0 Å². The van der Waals surface area contributed by atoms with Gasteiger partial charge in [0.15, 0.2) is 0 Å². The zero-order valence-electron chi connectivity index (χ0n) is 10.3. The van der Waals surface area contributed by atoms with Crippen molar-refractivity contribution < 1.29 is 9.18 Å². The number of anilines is 2. The van der Waals surface area contributed by atoms with Crippen molar-refractivity contribution >= 4 is 17.3 Å². The summed E-state index contributed by atoms with van der Waals surface area (Å²) in [6.07, 6.45) is 0. The van der Waals surface area contributed by atoms with E-state index in [4.69, 9.17) is 0 Å². The summed E-state index contributed by atoms with van der Waals surface area (Å²) in [6, 6.07) is 13.9. The molecule has 0 bridgehead atoms. The summed E-state index contributed by atoms with van der Waals surface area (Å²) in [4.78, 5) is 13.7. The van der Waals surface area contributed by atoms with E-state index in [1.165, 1.54) is 11.0 Å². The average Bonchev–Trinajstić information content (AvgIpc) is 2.58. The number of amides is 1. The van der Waals surface area contributed by atoms with Gasteiger partial charge >= 0.3 is 0 Å². The molecule has 1 aliphatic rings. The molecule has 0 spiro atoms. The summed E-state index contributed by atoms with van der Waals surface area (Å²) in [5, 5.41) is 3.06. The molecule has 3 rings (SSSR count). The molecule has 1 heterocycles. The van der Waals surface area contributed by atoms with Gasteiger partial charge in [0, 0.05) is 6.54 Å². The highest BCUT2D eigenvalue weighted by atomic mass is 19.1. The maximum Gasteiger partial charge on any atom is 0.245 e. The third-order valence-electron chi connectivity index (χ3n) is 3.17. The summed E-state index contributed by atoms with van der Waals surface area (Å²) >= 11 is 0. The van der Waals surface area contributed by atoms with E-state index in [1.807, 2.05) is 24.3 Å². The van der Waals surface area contributed by atoms with Gasteiger partial charge in [0.1, 0.15) is 5.82 Å². The van der Waals surface area contributed by atoms with E-state index in [0.717, 1.165) is 11.3 Å². The topological polar surface area (TPSA) is 32.3 Å². The van der Waals surface area contributed by atoms with Crippen molar-refractivity contribution in [3.8, 4) is 0 Å². The smallest absolute Gasteiger partial charge is 0.245 e. The lowest BCUT2D eigenvalue weighted by molar-refractivity contribution is -0.117. The SMILES string of the molecule is O=C1CNCc2ccccc2N1c1ccccc1F. The molecule has 0 unspecified atom stereocenters. The number of nitrogens with zero attached hydrogens (tertiary/aromatic N) is 1. The van der Waals surface area contributed by atoms with Crippen LogP contribution in [0, 0.1) is 5.82 Å². The molecule has 0 saturated carbocycles. The van der Waals surface area contributed by atoms with Gasteiger partial charge in [0.05, 0.1) is 17.9 Å². The lowest BCUT2D eigenvalue weighted by Gasteiger charge is -2.23. The van der Waals surface area contributed by atoms with Crippen LogP contribution in [0.1, 0.15) is 5.56 Å². The number of carbonyl (C=O) groups is 1. The highest BCUT2D eigenvalue weighted by Gasteiger charge is 2.24. The summed E-state index contributed by atoms with van der Waals surface area (Å²) in [5.41, 5.74) is 2.02. The van der Waals surface area contributed by atoms with Gasteiger partial charge in [-0.25, -0.2) is 4.39 Å². The lowest BCUT2D eigenvalue weighted by atomic mass is 10.1. The van der Waals surface area contributed by atoms with E-state index in [1.54, 1.807) is 18.2 Å². The number of halogens is 1. The molecule has 0 fully saturated rings. The van der Waals surface area contributed by atoms with E-state index in [2.05, 4.69) is 5.32 Å².